The van der Waals surface area contributed by atoms with Gasteiger partial charge in [0.25, 0.3) is 5.91 Å². The number of aromatic nitrogens is 2. The first-order valence-electron chi connectivity index (χ1n) is 8.33. The molecule has 1 aromatic carbocycles. The minimum atomic E-state index is -1.04. The summed E-state index contributed by atoms with van der Waals surface area (Å²) in [4.78, 5) is 32.7. The third-order valence-corrected chi connectivity index (χ3v) is 3.82. The maximum absolute atomic E-state index is 12.5. The zero-order chi connectivity index (χ0) is 19.9. The van der Waals surface area contributed by atoms with Crippen LogP contribution >= 0.6 is 11.6 Å². The van der Waals surface area contributed by atoms with E-state index in [4.69, 9.17) is 21.1 Å². The number of ether oxygens (including phenoxy) is 2. The van der Waals surface area contributed by atoms with Crippen LogP contribution in [0.5, 0.6) is 11.5 Å². The summed E-state index contributed by atoms with van der Waals surface area (Å²) < 4.78 is 11.0. The Morgan fingerprint density at radius 2 is 1.89 bits per heavy atom. The molecule has 3 aromatic rings. The SMILES string of the molecule is CC(OC(=O)c1ccccc1Oc1cccnc1)C(=O)Nc1ccc(Cl)cn1. The van der Waals surface area contributed by atoms with E-state index in [0.29, 0.717) is 22.3 Å². The molecular formula is C20H16ClN3O4. The molecule has 1 amide bonds. The van der Waals surface area contributed by atoms with Crippen molar-refractivity contribution in [1.82, 2.24) is 9.97 Å². The van der Waals surface area contributed by atoms with Crippen LogP contribution in [0.25, 0.3) is 0 Å². The molecule has 3 rings (SSSR count). The van der Waals surface area contributed by atoms with E-state index in [2.05, 4.69) is 15.3 Å². The minimum Gasteiger partial charge on any atom is -0.455 e. The van der Waals surface area contributed by atoms with E-state index in [1.807, 2.05) is 0 Å². The Morgan fingerprint density at radius 3 is 2.61 bits per heavy atom. The van der Waals surface area contributed by atoms with Gasteiger partial charge in [0.2, 0.25) is 0 Å². The van der Waals surface area contributed by atoms with Crippen LogP contribution < -0.4 is 10.1 Å². The van der Waals surface area contributed by atoms with E-state index in [9.17, 15) is 9.59 Å². The quantitative estimate of drug-likeness (QED) is 0.629. The van der Waals surface area contributed by atoms with Crippen molar-refractivity contribution in [2.24, 2.45) is 0 Å². The highest BCUT2D eigenvalue weighted by atomic mass is 35.5. The topological polar surface area (TPSA) is 90.4 Å². The number of halogens is 1. The fourth-order valence-corrected chi connectivity index (χ4v) is 2.33. The van der Waals surface area contributed by atoms with Gasteiger partial charge in [-0.15, -0.1) is 0 Å². The minimum absolute atomic E-state index is 0.190. The Labute approximate surface area is 166 Å². The van der Waals surface area contributed by atoms with Crippen LogP contribution in [-0.2, 0) is 9.53 Å². The Morgan fingerprint density at radius 1 is 1.07 bits per heavy atom. The van der Waals surface area contributed by atoms with Crippen molar-refractivity contribution in [3.05, 3.63) is 77.7 Å². The second-order valence-electron chi connectivity index (χ2n) is 5.69. The molecule has 2 aromatic heterocycles. The van der Waals surface area contributed by atoms with Gasteiger partial charge in [-0.25, -0.2) is 9.78 Å². The number of amides is 1. The molecule has 142 valence electrons. The third-order valence-electron chi connectivity index (χ3n) is 3.60. The predicted octanol–water partition coefficient (Wildman–Crippen LogP) is 4.11. The normalized spacial score (nSPS) is 11.4. The van der Waals surface area contributed by atoms with Crippen molar-refractivity contribution in [2.75, 3.05) is 5.32 Å². The van der Waals surface area contributed by atoms with Crippen LogP contribution in [0.3, 0.4) is 0 Å². The molecule has 28 heavy (non-hydrogen) atoms. The van der Waals surface area contributed by atoms with Crippen molar-refractivity contribution in [3.8, 4) is 11.5 Å². The molecule has 0 aliphatic rings. The molecule has 8 heteroatoms. The Balaban J connectivity index is 1.67. The highest BCUT2D eigenvalue weighted by Gasteiger charge is 2.22. The Hall–Kier alpha value is -3.45. The molecule has 1 N–H and O–H groups in total. The number of hydrogen-bond donors (Lipinski definition) is 1. The Bertz CT molecular complexity index is 965. The number of nitrogens with one attached hydrogen (secondary N) is 1. The van der Waals surface area contributed by atoms with Crippen molar-refractivity contribution in [1.29, 1.82) is 0 Å². The number of nitrogens with zero attached hydrogens (tertiary/aromatic N) is 2. The maximum Gasteiger partial charge on any atom is 0.342 e. The van der Waals surface area contributed by atoms with Crippen molar-refractivity contribution in [2.45, 2.75) is 13.0 Å². The largest absolute Gasteiger partial charge is 0.455 e. The summed E-state index contributed by atoms with van der Waals surface area (Å²) in [5.74, 6) is -0.132. The number of rotatable bonds is 6. The van der Waals surface area contributed by atoms with Gasteiger partial charge in [0.1, 0.15) is 22.9 Å². The molecule has 0 saturated heterocycles. The zero-order valence-electron chi connectivity index (χ0n) is 14.8. The van der Waals surface area contributed by atoms with Crippen LogP contribution in [0.1, 0.15) is 17.3 Å². The second-order valence-corrected chi connectivity index (χ2v) is 6.12. The van der Waals surface area contributed by atoms with Gasteiger partial charge in [-0.05, 0) is 43.3 Å². The Kier molecular flexibility index (Phi) is 6.18. The van der Waals surface area contributed by atoms with Crippen LogP contribution in [0, 0.1) is 0 Å². The molecule has 0 saturated carbocycles. The molecule has 2 heterocycles. The van der Waals surface area contributed by atoms with Gasteiger partial charge < -0.3 is 14.8 Å². The van der Waals surface area contributed by atoms with Gasteiger partial charge in [0.15, 0.2) is 6.10 Å². The van der Waals surface area contributed by atoms with Crippen molar-refractivity contribution in [3.63, 3.8) is 0 Å². The van der Waals surface area contributed by atoms with Gasteiger partial charge in [-0.2, -0.15) is 0 Å². The number of anilines is 1. The first-order chi connectivity index (χ1) is 13.5. The van der Waals surface area contributed by atoms with E-state index in [0.717, 1.165) is 0 Å². The van der Waals surface area contributed by atoms with Gasteiger partial charge in [0.05, 0.1) is 11.2 Å². The smallest absolute Gasteiger partial charge is 0.342 e. The molecule has 0 radical (unpaired) electrons. The third kappa shape index (κ3) is 5.05. The van der Waals surface area contributed by atoms with E-state index >= 15 is 0 Å². The van der Waals surface area contributed by atoms with Crippen LogP contribution in [0.15, 0.2) is 67.1 Å². The van der Waals surface area contributed by atoms with E-state index in [1.165, 1.54) is 19.3 Å². The molecular weight excluding hydrogens is 382 g/mol. The summed E-state index contributed by atoms with van der Waals surface area (Å²) in [6.45, 7) is 1.47. The highest BCUT2D eigenvalue weighted by molar-refractivity contribution is 6.30. The van der Waals surface area contributed by atoms with Gasteiger partial charge in [-0.1, -0.05) is 23.7 Å². The van der Waals surface area contributed by atoms with Crippen molar-refractivity contribution >= 4 is 29.3 Å². The van der Waals surface area contributed by atoms with Crippen LogP contribution in [-0.4, -0.2) is 27.9 Å². The molecule has 0 bridgehead atoms. The monoisotopic (exact) mass is 397 g/mol. The number of pyridine rings is 2. The number of esters is 1. The molecule has 1 unspecified atom stereocenters. The number of hydrogen-bond acceptors (Lipinski definition) is 6. The summed E-state index contributed by atoms with van der Waals surface area (Å²) in [6.07, 6.45) is 3.50. The molecule has 0 fully saturated rings. The summed E-state index contributed by atoms with van der Waals surface area (Å²) in [5, 5.41) is 3.00. The summed E-state index contributed by atoms with van der Waals surface area (Å²) in [7, 11) is 0. The van der Waals surface area contributed by atoms with Gasteiger partial charge >= 0.3 is 5.97 Å². The maximum atomic E-state index is 12.5. The van der Waals surface area contributed by atoms with Crippen LogP contribution in [0.4, 0.5) is 5.82 Å². The standard InChI is InChI=1S/C20H16ClN3O4/c1-13(19(25)24-18-9-8-14(21)11-23-18)27-20(26)16-6-2-3-7-17(16)28-15-5-4-10-22-12-15/h2-13H,1H3,(H,23,24,25). The fourth-order valence-electron chi connectivity index (χ4n) is 2.21. The van der Waals surface area contributed by atoms with Crippen molar-refractivity contribution < 1.29 is 19.1 Å². The first kappa shape index (κ1) is 19.3. The average Bonchev–Trinajstić information content (AvgIpc) is 2.70. The van der Waals surface area contributed by atoms with Gasteiger partial charge in [0, 0.05) is 12.4 Å². The first-order valence-corrected chi connectivity index (χ1v) is 8.71. The lowest BCUT2D eigenvalue weighted by Gasteiger charge is -2.15. The molecule has 1 atom stereocenters. The molecule has 7 nitrogen and oxygen atoms in total. The number of carbonyl (C=O) groups is 2. The predicted molar refractivity (Wildman–Crippen MR) is 104 cm³/mol. The van der Waals surface area contributed by atoms with Gasteiger partial charge in [-0.3, -0.25) is 9.78 Å². The van der Waals surface area contributed by atoms with E-state index in [1.54, 1.807) is 54.7 Å². The lowest BCUT2D eigenvalue weighted by molar-refractivity contribution is -0.123. The number of para-hydroxylation sites is 1. The summed E-state index contributed by atoms with van der Waals surface area (Å²) in [5.41, 5.74) is 0.190. The molecule has 0 aliphatic heterocycles. The second kappa shape index (κ2) is 8.96. The lowest BCUT2D eigenvalue weighted by Crippen LogP contribution is -2.30. The molecule has 0 aliphatic carbocycles. The fraction of sp³-hybridized carbons (Fsp3) is 0.100. The average molecular weight is 398 g/mol. The van der Waals surface area contributed by atoms with E-state index in [-0.39, 0.29) is 5.56 Å². The zero-order valence-corrected chi connectivity index (χ0v) is 15.6. The lowest BCUT2D eigenvalue weighted by atomic mass is 10.2. The molecule has 0 spiro atoms. The highest BCUT2D eigenvalue weighted by Crippen LogP contribution is 2.25. The summed E-state index contributed by atoms with van der Waals surface area (Å²) in [6, 6.07) is 13.2. The number of benzene rings is 1. The van der Waals surface area contributed by atoms with E-state index < -0.39 is 18.0 Å². The van der Waals surface area contributed by atoms with Crippen LogP contribution in [0.2, 0.25) is 5.02 Å². The summed E-state index contributed by atoms with van der Waals surface area (Å²) >= 11 is 5.76. The number of carbonyl (C=O) groups excluding carboxylic acids is 2.